The van der Waals surface area contributed by atoms with Gasteiger partial charge in [-0.25, -0.2) is 0 Å². The Morgan fingerprint density at radius 2 is 1.80 bits per heavy atom. The summed E-state index contributed by atoms with van der Waals surface area (Å²) in [6, 6.07) is 11.4. The predicted molar refractivity (Wildman–Crippen MR) is 79.7 cm³/mol. The Bertz CT molecular complexity index is 725. The SMILES string of the molecule is Cc1ccc(Sc2cc3c(cc2Cl)C(=O)C(=O)N3)cc1. The van der Waals surface area contributed by atoms with Gasteiger partial charge in [0.25, 0.3) is 11.7 Å². The van der Waals surface area contributed by atoms with E-state index < -0.39 is 11.7 Å². The molecule has 2 aromatic rings. The normalized spacial score (nSPS) is 13.3. The molecule has 5 heteroatoms. The van der Waals surface area contributed by atoms with Crippen molar-refractivity contribution in [2.45, 2.75) is 16.7 Å². The van der Waals surface area contributed by atoms with E-state index in [4.69, 9.17) is 11.6 Å². The number of hydrogen-bond acceptors (Lipinski definition) is 3. The first-order valence-corrected chi connectivity index (χ1v) is 7.18. The van der Waals surface area contributed by atoms with E-state index in [1.54, 1.807) is 12.1 Å². The molecule has 2 aromatic carbocycles. The van der Waals surface area contributed by atoms with Crippen LogP contribution in [-0.4, -0.2) is 11.7 Å². The summed E-state index contributed by atoms with van der Waals surface area (Å²) in [6.45, 7) is 2.03. The van der Waals surface area contributed by atoms with Crippen LogP contribution >= 0.6 is 23.4 Å². The molecule has 0 fully saturated rings. The molecule has 100 valence electrons. The lowest BCUT2D eigenvalue weighted by atomic mass is 10.1. The molecule has 0 atom stereocenters. The number of hydrogen-bond donors (Lipinski definition) is 1. The molecule has 0 saturated carbocycles. The van der Waals surface area contributed by atoms with E-state index in [1.807, 2.05) is 31.2 Å². The lowest BCUT2D eigenvalue weighted by molar-refractivity contribution is -0.112. The van der Waals surface area contributed by atoms with Crippen molar-refractivity contribution >= 4 is 40.7 Å². The van der Waals surface area contributed by atoms with E-state index >= 15 is 0 Å². The van der Waals surface area contributed by atoms with Crippen LogP contribution in [0.3, 0.4) is 0 Å². The molecule has 1 amide bonds. The summed E-state index contributed by atoms with van der Waals surface area (Å²) in [4.78, 5) is 24.8. The molecule has 0 aliphatic carbocycles. The lowest BCUT2D eigenvalue weighted by Gasteiger charge is -2.07. The summed E-state index contributed by atoms with van der Waals surface area (Å²) in [5, 5.41) is 3.02. The van der Waals surface area contributed by atoms with Gasteiger partial charge in [-0.15, -0.1) is 0 Å². The van der Waals surface area contributed by atoms with Gasteiger partial charge in [-0.1, -0.05) is 41.1 Å². The summed E-state index contributed by atoms with van der Waals surface area (Å²) in [5.74, 6) is -1.14. The zero-order valence-electron chi connectivity index (χ0n) is 10.6. The second-order valence-electron chi connectivity index (χ2n) is 4.53. The summed E-state index contributed by atoms with van der Waals surface area (Å²) < 4.78 is 0. The zero-order valence-corrected chi connectivity index (χ0v) is 12.1. The highest BCUT2D eigenvalue weighted by molar-refractivity contribution is 7.99. The zero-order chi connectivity index (χ0) is 14.3. The van der Waals surface area contributed by atoms with E-state index in [2.05, 4.69) is 5.32 Å². The highest BCUT2D eigenvalue weighted by Crippen LogP contribution is 2.38. The molecule has 0 bridgehead atoms. The van der Waals surface area contributed by atoms with Crippen molar-refractivity contribution in [1.29, 1.82) is 0 Å². The fourth-order valence-electron chi connectivity index (χ4n) is 1.96. The molecule has 0 radical (unpaired) electrons. The number of anilines is 1. The molecule has 1 aliphatic rings. The summed E-state index contributed by atoms with van der Waals surface area (Å²) >= 11 is 7.69. The predicted octanol–water partition coefficient (Wildman–Crippen LogP) is 3.93. The Labute approximate surface area is 125 Å². The third kappa shape index (κ3) is 2.32. The number of carbonyl (C=O) groups is 2. The van der Waals surface area contributed by atoms with Crippen LogP contribution < -0.4 is 5.32 Å². The molecule has 0 saturated heterocycles. The maximum absolute atomic E-state index is 11.6. The topological polar surface area (TPSA) is 46.2 Å². The van der Waals surface area contributed by atoms with Crippen LogP contribution in [0.4, 0.5) is 5.69 Å². The highest BCUT2D eigenvalue weighted by atomic mass is 35.5. The van der Waals surface area contributed by atoms with Gasteiger partial charge in [0.05, 0.1) is 16.3 Å². The number of benzene rings is 2. The van der Waals surface area contributed by atoms with E-state index in [9.17, 15) is 9.59 Å². The van der Waals surface area contributed by atoms with Crippen LogP contribution in [0.25, 0.3) is 0 Å². The molecule has 0 aromatic heterocycles. The summed E-state index contributed by atoms with van der Waals surface area (Å²) in [7, 11) is 0. The smallest absolute Gasteiger partial charge is 0.296 e. The number of halogens is 1. The second kappa shape index (κ2) is 4.96. The van der Waals surface area contributed by atoms with Gasteiger partial charge in [-0.2, -0.15) is 0 Å². The Morgan fingerprint density at radius 1 is 1.10 bits per heavy atom. The van der Waals surface area contributed by atoms with Gasteiger partial charge in [-0.3, -0.25) is 9.59 Å². The van der Waals surface area contributed by atoms with Gasteiger partial charge in [0.2, 0.25) is 0 Å². The van der Waals surface area contributed by atoms with E-state index in [0.29, 0.717) is 16.3 Å². The van der Waals surface area contributed by atoms with Gasteiger partial charge in [0.15, 0.2) is 0 Å². The monoisotopic (exact) mass is 303 g/mol. The molecule has 0 spiro atoms. The van der Waals surface area contributed by atoms with Crippen molar-refractivity contribution in [2.75, 3.05) is 5.32 Å². The largest absolute Gasteiger partial charge is 0.318 e. The van der Waals surface area contributed by atoms with Gasteiger partial charge >= 0.3 is 0 Å². The molecule has 1 N–H and O–H groups in total. The molecule has 3 nitrogen and oxygen atoms in total. The fraction of sp³-hybridized carbons (Fsp3) is 0.0667. The van der Waals surface area contributed by atoms with Crippen LogP contribution in [0.15, 0.2) is 46.2 Å². The first-order chi connectivity index (χ1) is 9.54. The maximum Gasteiger partial charge on any atom is 0.296 e. The molecular formula is C15H10ClNO2S. The van der Waals surface area contributed by atoms with Crippen molar-refractivity contribution in [1.82, 2.24) is 0 Å². The lowest BCUT2D eigenvalue weighted by Crippen LogP contribution is -2.12. The summed E-state index contributed by atoms with van der Waals surface area (Å²) in [6.07, 6.45) is 0. The Balaban J connectivity index is 1.96. The van der Waals surface area contributed by atoms with E-state index in [1.165, 1.54) is 17.3 Å². The van der Waals surface area contributed by atoms with Crippen molar-refractivity contribution in [3.63, 3.8) is 0 Å². The van der Waals surface area contributed by atoms with Crippen LogP contribution in [0, 0.1) is 6.92 Å². The molecule has 1 heterocycles. The van der Waals surface area contributed by atoms with Crippen molar-refractivity contribution in [2.24, 2.45) is 0 Å². The number of fused-ring (bicyclic) bond motifs is 1. The third-order valence-corrected chi connectivity index (χ3v) is 4.51. The minimum atomic E-state index is -0.603. The minimum absolute atomic E-state index is 0.341. The van der Waals surface area contributed by atoms with Crippen molar-refractivity contribution in [3.8, 4) is 0 Å². The fourth-order valence-corrected chi connectivity index (χ4v) is 3.10. The maximum atomic E-state index is 11.6. The van der Waals surface area contributed by atoms with Gasteiger partial charge in [0, 0.05) is 9.79 Å². The first kappa shape index (κ1) is 13.2. The minimum Gasteiger partial charge on any atom is -0.318 e. The number of Topliss-reactive ketones (excluding diaryl/α,β-unsaturated/α-hetero) is 1. The van der Waals surface area contributed by atoms with E-state index in [-0.39, 0.29) is 0 Å². The number of carbonyl (C=O) groups excluding carboxylic acids is 2. The molecule has 0 unspecified atom stereocenters. The highest BCUT2D eigenvalue weighted by Gasteiger charge is 2.29. The van der Waals surface area contributed by atoms with Crippen molar-refractivity contribution in [3.05, 3.63) is 52.5 Å². The third-order valence-electron chi connectivity index (χ3n) is 3.02. The average Bonchev–Trinajstić information content (AvgIpc) is 2.69. The Morgan fingerprint density at radius 3 is 2.50 bits per heavy atom. The Hall–Kier alpha value is -1.78. The van der Waals surface area contributed by atoms with Crippen LogP contribution in [-0.2, 0) is 4.79 Å². The quantitative estimate of drug-likeness (QED) is 0.855. The number of aryl methyl sites for hydroxylation is 1. The molecule has 1 aliphatic heterocycles. The van der Waals surface area contributed by atoms with E-state index in [0.717, 1.165) is 9.79 Å². The van der Waals surface area contributed by atoms with Crippen LogP contribution in [0.5, 0.6) is 0 Å². The molecule has 20 heavy (non-hydrogen) atoms. The Kier molecular flexibility index (Phi) is 3.28. The van der Waals surface area contributed by atoms with Gasteiger partial charge in [-0.05, 0) is 31.2 Å². The second-order valence-corrected chi connectivity index (χ2v) is 6.05. The standard InChI is InChI=1S/C15H10ClNO2S/c1-8-2-4-9(5-3-8)20-13-7-12-10(6-11(13)16)14(18)15(19)17-12/h2-7H,1H3,(H,17,18,19). The summed E-state index contributed by atoms with van der Waals surface area (Å²) in [5.41, 5.74) is 2.06. The number of amides is 1. The first-order valence-electron chi connectivity index (χ1n) is 5.98. The number of ketones is 1. The molecular weight excluding hydrogens is 294 g/mol. The van der Waals surface area contributed by atoms with Crippen molar-refractivity contribution < 1.29 is 9.59 Å². The van der Waals surface area contributed by atoms with Crippen LogP contribution in [0.1, 0.15) is 15.9 Å². The number of rotatable bonds is 2. The molecule has 3 rings (SSSR count). The number of nitrogens with one attached hydrogen (secondary N) is 1. The average molecular weight is 304 g/mol. The van der Waals surface area contributed by atoms with Gasteiger partial charge in [0.1, 0.15) is 0 Å². The van der Waals surface area contributed by atoms with Gasteiger partial charge < -0.3 is 5.32 Å². The van der Waals surface area contributed by atoms with Crippen LogP contribution in [0.2, 0.25) is 5.02 Å².